The average molecular weight is 277 g/mol. The van der Waals surface area contributed by atoms with Crippen molar-refractivity contribution in [1.82, 2.24) is 9.97 Å². The Bertz CT molecular complexity index is 461. The average Bonchev–Trinajstić information content (AvgIpc) is 2.38. The summed E-state index contributed by atoms with van der Waals surface area (Å²) in [6.07, 6.45) is 4.43. The van der Waals surface area contributed by atoms with Gasteiger partial charge >= 0.3 is 0 Å². The van der Waals surface area contributed by atoms with Crippen molar-refractivity contribution in [3.05, 3.63) is 17.6 Å². The molecule has 0 spiro atoms. The molecule has 0 bridgehead atoms. The van der Waals surface area contributed by atoms with E-state index in [1.54, 1.807) is 0 Å². The lowest BCUT2D eigenvalue weighted by Crippen LogP contribution is -2.46. The van der Waals surface area contributed by atoms with Gasteiger partial charge in [-0.3, -0.25) is 0 Å². The number of aromatic nitrogens is 2. The lowest BCUT2D eigenvalue weighted by Gasteiger charge is -2.39. The molecule has 4 nitrogen and oxygen atoms in total. The van der Waals surface area contributed by atoms with Crippen LogP contribution in [0, 0.1) is 12.8 Å². The Morgan fingerprint density at radius 1 is 1.45 bits per heavy atom. The highest BCUT2D eigenvalue weighted by Gasteiger charge is 2.34. The second-order valence-electron chi connectivity index (χ2n) is 6.67. The molecular formula is C16H27N3O. The van der Waals surface area contributed by atoms with E-state index >= 15 is 0 Å². The Morgan fingerprint density at radius 2 is 2.20 bits per heavy atom. The van der Waals surface area contributed by atoms with Gasteiger partial charge in [-0.2, -0.15) is 0 Å². The van der Waals surface area contributed by atoms with Crippen LogP contribution in [0.25, 0.3) is 0 Å². The summed E-state index contributed by atoms with van der Waals surface area (Å²) in [6, 6.07) is 1.97. The van der Waals surface area contributed by atoms with Crippen LogP contribution in [-0.2, 0) is 0 Å². The van der Waals surface area contributed by atoms with Crippen molar-refractivity contribution in [3.63, 3.8) is 0 Å². The minimum absolute atomic E-state index is 0.164. The SMILES string of the molecule is Cc1cc(NC2(CO)CCCC(C)C2)nc(C(C)C)n1. The molecule has 0 amide bonds. The summed E-state index contributed by atoms with van der Waals surface area (Å²) < 4.78 is 0. The second-order valence-corrected chi connectivity index (χ2v) is 6.67. The number of hydrogen-bond acceptors (Lipinski definition) is 4. The fraction of sp³-hybridized carbons (Fsp3) is 0.750. The fourth-order valence-corrected chi connectivity index (χ4v) is 3.14. The molecule has 1 aromatic rings. The second kappa shape index (κ2) is 6.08. The standard InChI is InChI=1S/C16H27N3O/c1-11(2)15-17-13(4)8-14(18-15)19-16(10-20)7-5-6-12(3)9-16/h8,11-12,20H,5-7,9-10H2,1-4H3,(H,17,18,19). The highest BCUT2D eigenvalue weighted by Crippen LogP contribution is 2.34. The normalized spacial score (nSPS) is 26.8. The highest BCUT2D eigenvalue weighted by atomic mass is 16.3. The number of rotatable bonds is 4. The molecule has 1 heterocycles. The van der Waals surface area contributed by atoms with Gasteiger partial charge in [0.2, 0.25) is 0 Å². The molecule has 0 saturated heterocycles. The molecule has 2 rings (SSSR count). The monoisotopic (exact) mass is 277 g/mol. The first-order valence-corrected chi connectivity index (χ1v) is 7.69. The van der Waals surface area contributed by atoms with Crippen molar-refractivity contribution in [2.24, 2.45) is 5.92 Å². The minimum atomic E-state index is -0.216. The third-order valence-corrected chi connectivity index (χ3v) is 4.18. The van der Waals surface area contributed by atoms with E-state index in [1.165, 1.54) is 6.42 Å². The van der Waals surface area contributed by atoms with Crippen molar-refractivity contribution >= 4 is 5.82 Å². The summed E-state index contributed by atoms with van der Waals surface area (Å²) in [5, 5.41) is 13.4. The molecule has 0 aromatic carbocycles. The van der Waals surface area contributed by atoms with E-state index in [0.717, 1.165) is 36.6 Å². The number of aliphatic hydroxyl groups excluding tert-OH is 1. The van der Waals surface area contributed by atoms with Gasteiger partial charge in [-0.15, -0.1) is 0 Å². The Kier molecular flexibility index (Phi) is 4.63. The molecular weight excluding hydrogens is 250 g/mol. The zero-order valence-corrected chi connectivity index (χ0v) is 13.1. The Morgan fingerprint density at radius 3 is 2.80 bits per heavy atom. The van der Waals surface area contributed by atoms with Crippen LogP contribution >= 0.6 is 0 Å². The summed E-state index contributed by atoms with van der Waals surface area (Å²) in [6.45, 7) is 8.62. The molecule has 1 saturated carbocycles. The molecule has 2 atom stereocenters. The van der Waals surface area contributed by atoms with Crippen molar-refractivity contribution < 1.29 is 5.11 Å². The highest BCUT2D eigenvalue weighted by molar-refractivity contribution is 5.40. The third-order valence-electron chi connectivity index (χ3n) is 4.18. The van der Waals surface area contributed by atoms with Crippen LogP contribution in [0.5, 0.6) is 0 Å². The van der Waals surface area contributed by atoms with Gasteiger partial charge in [-0.05, 0) is 25.7 Å². The molecule has 2 unspecified atom stereocenters. The van der Waals surface area contributed by atoms with E-state index in [4.69, 9.17) is 0 Å². The van der Waals surface area contributed by atoms with Crippen molar-refractivity contribution in [1.29, 1.82) is 0 Å². The van der Waals surface area contributed by atoms with Crippen LogP contribution < -0.4 is 5.32 Å². The molecule has 0 aliphatic heterocycles. The van der Waals surface area contributed by atoms with Gasteiger partial charge in [0, 0.05) is 17.7 Å². The van der Waals surface area contributed by atoms with Crippen LogP contribution in [0.4, 0.5) is 5.82 Å². The lowest BCUT2D eigenvalue weighted by atomic mass is 9.77. The number of aryl methyl sites for hydroxylation is 1. The van der Waals surface area contributed by atoms with Crippen LogP contribution in [0.2, 0.25) is 0 Å². The van der Waals surface area contributed by atoms with Gasteiger partial charge in [0.1, 0.15) is 11.6 Å². The van der Waals surface area contributed by atoms with E-state index < -0.39 is 0 Å². The first-order valence-electron chi connectivity index (χ1n) is 7.69. The molecule has 112 valence electrons. The molecule has 1 aromatic heterocycles. The first-order chi connectivity index (χ1) is 9.44. The number of hydrogen-bond donors (Lipinski definition) is 2. The number of aliphatic hydroxyl groups is 1. The molecule has 1 aliphatic carbocycles. The lowest BCUT2D eigenvalue weighted by molar-refractivity contribution is 0.149. The molecule has 4 heteroatoms. The van der Waals surface area contributed by atoms with Gasteiger partial charge in [-0.25, -0.2) is 9.97 Å². The molecule has 2 N–H and O–H groups in total. The van der Waals surface area contributed by atoms with Gasteiger partial charge < -0.3 is 10.4 Å². The van der Waals surface area contributed by atoms with Crippen LogP contribution in [0.1, 0.15) is 63.9 Å². The molecule has 1 fully saturated rings. The quantitative estimate of drug-likeness (QED) is 0.887. The van der Waals surface area contributed by atoms with Crippen molar-refractivity contribution in [3.8, 4) is 0 Å². The molecule has 0 radical (unpaired) electrons. The van der Waals surface area contributed by atoms with E-state index in [2.05, 4.69) is 36.1 Å². The first kappa shape index (κ1) is 15.2. The Labute approximate surface area is 122 Å². The Balaban J connectivity index is 2.23. The molecule has 20 heavy (non-hydrogen) atoms. The van der Waals surface area contributed by atoms with E-state index in [-0.39, 0.29) is 12.1 Å². The van der Waals surface area contributed by atoms with E-state index in [0.29, 0.717) is 11.8 Å². The summed E-state index contributed by atoms with van der Waals surface area (Å²) in [5.74, 6) is 2.68. The maximum atomic E-state index is 9.86. The number of nitrogens with one attached hydrogen (secondary N) is 1. The van der Waals surface area contributed by atoms with Gasteiger partial charge in [0.05, 0.1) is 12.1 Å². The molecule has 1 aliphatic rings. The van der Waals surface area contributed by atoms with Gasteiger partial charge in [-0.1, -0.05) is 33.6 Å². The summed E-state index contributed by atoms with van der Waals surface area (Å²) in [7, 11) is 0. The summed E-state index contributed by atoms with van der Waals surface area (Å²) >= 11 is 0. The smallest absolute Gasteiger partial charge is 0.133 e. The zero-order valence-electron chi connectivity index (χ0n) is 13.1. The van der Waals surface area contributed by atoms with Crippen LogP contribution in [0.3, 0.4) is 0 Å². The zero-order chi connectivity index (χ0) is 14.8. The van der Waals surface area contributed by atoms with Crippen molar-refractivity contribution in [2.45, 2.75) is 64.8 Å². The van der Waals surface area contributed by atoms with Gasteiger partial charge in [0.15, 0.2) is 0 Å². The van der Waals surface area contributed by atoms with E-state index in [9.17, 15) is 5.11 Å². The minimum Gasteiger partial charge on any atom is -0.394 e. The Hall–Kier alpha value is -1.16. The van der Waals surface area contributed by atoms with Crippen molar-refractivity contribution in [2.75, 3.05) is 11.9 Å². The fourth-order valence-electron chi connectivity index (χ4n) is 3.14. The van der Waals surface area contributed by atoms with Crippen LogP contribution in [-0.4, -0.2) is 27.2 Å². The van der Waals surface area contributed by atoms with Crippen LogP contribution in [0.15, 0.2) is 6.07 Å². The van der Waals surface area contributed by atoms with E-state index in [1.807, 2.05) is 13.0 Å². The topological polar surface area (TPSA) is 58.0 Å². The largest absolute Gasteiger partial charge is 0.394 e. The predicted molar refractivity (Wildman–Crippen MR) is 81.9 cm³/mol. The van der Waals surface area contributed by atoms with Gasteiger partial charge in [0.25, 0.3) is 0 Å². The summed E-state index contributed by atoms with van der Waals surface area (Å²) in [5.41, 5.74) is 0.760. The maximum Gasteiger partial charge on any atom is 0.133 e. The summed E-state index contributed by atoms with van der Waals surface area (Å²) in [4.78, 5) is 9.09. The number of anilines is 1. The third kappa shape index (κ3) is 3.48. The number of nitrogens with zero attached hydrogens (tertiary/aromatic N) is 2. The predicted octanol–water partition coefficient (Wildman–Crippen LogP) is 3.26. The maximum absolute atomic E-state index is 9.86.